The molecule has 2 N–H and O–H groups in total. The summed E-state index contributed by atoms with van der Waals surface area (Å²) in [5.74, 6) is -0.502. The van der Waals surface area contributed by atoms with Crippen LogP contribution in [0.5, 0.6) is 0 Å². The van der Waals surface area contributed by atoms with Gasteiger partial charge in [-0.15, -0.1) is 0 Å². The molecule has 5 nitrogen and oxygen atoms in total. The molecule has 0 aromatic heterocycles. The second kappa shape index (κ2) is 5.61. The van der Waals surface area contributed by atoms with Crippen LogP contribution >= 0.6 is 15.9 Å². The van der Waals surface area contributed by atoms with Crippen LogP contribution in [0.4, 0.5) is 0 Å². The second-order valence-electron chi connectivity index (χ2n) is 3.54. The van der Waals surface area contributed by atoms with Crippen LogP contribution in [0.1, 0.15) is 15.9 Å². The lowest BCUT2D eigenvalue weighted by Crippen LogP contribution is -2.27. The maximum absolute atomic E-state index is 11.5. The van der Waals surface area contributed by atoms with Gasteiger partial charge in [-0.25, -0.2) is 8.42 Å². The van der Waals surface area contributed by atoms with Crippen LogP contribution in [0, 0.1) is 0 Å². The summed E-state index contributed by atoms with van der Waals surface area (Å²) < 4.78 is 24.1. The van der Waals surface area contributed by atoms with Crippen molar-refractivity contribution < 1.29 is 13.2 Å². The van der Waals surface area contributed by atoms with E-state index in [0.717, 1.165) is 5.56 Å². The summed E-state index contributed by atoms with van der Waals surface area (Å²) in [7, 11) is -1.77. The van der Waals surface area contributed by atoms with E-state index in [1.54, 1.807) is 24.3 Å². The fourth-order valence-electron chi connectivity index (χ4n) is 1.21. The number of nitrogens with zero attached hydrogens (tertiary/aromatic N) is 1. The number of primary amides is 1. The van der Waals surface area contributed by atoms with E-state index in [-0.39, 0.29) is 11.2 Å². The van der Waals surface area contributed by atoms with Crippen molar-refractivity contribution in [1.82, 2.24) is 4.31 Å². The minimum atomic E-state index is -3.26. The molecule has 0 saturated heterocycles. The van der Waals surface area contributed by atoms with Crippen LogP contribution in [0.3, 0.4) is 0 Å². The Morgan fingerprint density at radius 3 is 2.29 bits per heavy atom. The molecular formula is C10H13BrN2O3S. The van der Waals surface area contributed by atoms with Crippen molar-refractivity contribution in [3.05, 3.63) is 35.4 Å². The van der Waals surface area contributed by atoms with Crippen LogP contribution in [-0.2, 0) is 16.6 Å². The number of carbonyl (C=O) groups excluding carboxylic acids is 1. The zero-order chi connectivity index (χ0) is 13.1. The highest BCUT2D eigenvalue weighted by Crippen LogP contribution is 2.10. The minimum absolute atomic E-state index is 0.115. The molecule has 0 atom stereocenters. The van der Waals surface area contributed by atoms with Gasteiger partial charge in [0.1, 0.15) is 4.66 Å². The summed E-state index contributed by atoms with van der Waals surface area (Å²) >= 11 is 2.92. The fourth-order valence-corrected chi connectivity index (χ4v) is 2.77. The lowest BCUT2D eigenvalue weighted by molar-refractivity contribution is 0.100. The lowest BCUT2D eigenvalue weighted by atomic mass is 10.1. The van der Waals surface area contributed by atoms with E-state index in [4.69, 9.17) is 5.73 Å². The molecular weight excluding hydrogens is 308 g/mol. The predicted octanol–water partition coefficient (Wildman–Crippen LogP) is 0.900. The van der Waals surface area contributed by atoms with Crippen LogP contribution in [0.15, 0.2) is 24.3 Å². The third kappa shape index (κ3) is 3.79. The van der Waals surface area contributed by atoms with Gasteiger partial charge >= 0.3 is 0 Å². The minimum Gasteiger partial charge on any atom is -0.366 e. The molecule has 0 unspecified atom stereocenters. The number of halogens is 1. The summed E-state index contributed by atoms with van der Waals surface area (Å²) in [5, 5.41) is 0. The largest absolute Gasteiger partial charge is 0.366 e. The van der Waals surface area contributed by atoms with Crippen molar-refractivity contribution >= 4 is 31.9 Å². The topological polar surface area (TPSA) is 80.5 Å². The summed E-state index contributed by atoms with van der Waals surface area (Å²) in [6, 6.07) is 6.51. The number of hydrogen-bond donors (Lipinski definition) is 1. The Kier molecular flexibility index (Phi) is 4.67. The van der Waals surface area contributed by atoms with Gasteiger partial charge < -0.3 is 5.73 Å². The molecule has 0 heterocycles. The Morgan fingerprint density at radius 2 is 1.88 bits per heavy atom. The maximum Gasteiger partial charge on any atom is 0.248 e. The number of sulfonamides is 1. The van der Waals surface area contributed by atoms with E-state index in [1.165, 1.54) is 11.4 Å². The summed E-state index contributed by atoms with van der Waals surface area (Å²) in [6.07, 6.45) is 0. The molecule has 0 aliphatic carbocycles. The third-order valence-corrected chi connectivity index (χ3v) is 5.35. The SMILES string of the molecule is CN(Cc1ccc(C(N)=O)cc1)S(=O)(=O)CBr. The monoisotopic (exact) mass is 320 g/mol. The van der Waals surface area contributed by atoms with Gasteiger partial charge in [0.2, 0.25) is 15.9 Å². The Morgan fingerprint density at radius 1 is 1.35 bits per heavy atom. The number of benzene rings is 1. The highest BCUT2D eigenvalue weighted by atomic mass is 79.9. The standard InChI is InChI=1S/C10H13BrN2O3S/c1-13(17(15,16)7-11)6-8-2-4-9(5-3-8)10(12)14/h2-5H,6-7H2,1H3,(H2,12,14). The molecule has 0 aliphatic heterocycles. The molecule has 1 amide bonds. The van der Waals surface area contributed by atoms with Crippen molar-refractivity contribution in [1.29, 1.82) is 0 Å². The van der Waals surface area contributed by atoms with Crippen LogP contribution < -0.4 is 5.73 Å². The zero-order valence-electron chi connectivity index (χ0n) is 9.26. The quantitative estimate of drug-likeness (QED) is 0.818. The second-order valence-corrected chi connectivity index (χ2v) is 6.92. The van der Waals surface area contributed by atoms with Crippen LogP contribution in [0.25, 0.3) is 0 Å². The molecule has 0 saturated carbocycles. The van der Waals surface area contributed by atoms with Gasteiger partial charge in [-0.3, -0.25) is 4.79 Å². The number of hydrogen-bond acceptors (Lipinski definition) is 3. The molecule has 17 heavy (non-hydrogen) atoms. The first-order chi connectivity index (χ1) is 7.86. The summed E-state index contributed by atoms with van der Waals surface area (Å²) in [5.41, 5.74) is 6.30. The smallest absolute Gasteiger partial charge is 0.248 e. The predicted molar refractivity (Wildman–Crippen MR) is 69.1 cm³/mol. The van der Waals surface area contributed by atoms with E-state index in [2.05, 4.69) is 15.9 Å². The molecule has 1 aromatic carbocycles. The summed E-state index contributed by atoms with van der Waals surface area (Å²) in [6.45, 7) is 0.257. The van der Waals surface area contributed by atoms with Gasteiger partial charge in [0, 0.05) is 19.2 Å². The maximum atomic E-state index is 11.5. The van der Waals surface area contributed by atoms with Crippen LogP contribution in [0.2, 0.25) is 0 Å². The van der Waals surface area contributed by atoms with Gasteiger partial charge in [-0.05, 0) is 17.7 Å². The third-order valence-electron chi connectivity index (χ3n) is 2.26. The Labute approximate surface area is 109 Å². The number of alkyl halides is 1. The molecule has 94 valence electrons. The first-order valence-corrected chi connectivity index (χ1v) is 7.48. The van der Waals surface area contributed by atoms with E-state index in [1.807, 2.05) is 0 Å². The van der Waals surface area contributed by atoms with Crippen molar-refractivity contribution in [3.8, 4) is 0 Å². The Bertz CT molecular complexity index is 499. The van der Waals surface area contributed by atoms with Crippen LogP contribution in [-0.4, -0.2) is 30.3 Å². The first kappa shape index (κ1) is 14.1. The number of nitrogens with two attached hydrogens (primary N) is 1. The fraction of sp³-hybridized carbons (Fsp3) is 0.300. The number of amides is 1. The average molecular weight is 321 g/mol. The lowest BCUT2D eigenvalue weighted by Gasteiger charge is -2.15. The molecule has 0 radical (unpaired) electrons. The molecule has 0 spiro atoms. The first-order valence-electron chi connectivity index (χ1n) is 4.75. The number of carbonyl (C=O) groups is 1. The van der Waals surface area contributed by atoms with Crippen molar-refractivity contribution in [3.63, 3.8) is 0 Å². The normalized spacial score (nSPS) is 11.7. The molecule has 7 heteroatoms. The van der Waals surface area contributed by atoms with Gasteiger partial charge in [-0.2, -0.15) is 4.31 Å². The van der Waals surface area contributed by atoms with E-state index in [9.17, 15) is 13.2 Å². The van der Waals surface area contributed by atoms with Crippen molar-refractivity contribution in [2.75, 3.05) is 11.7 Å². The molecule has 1 aromatic rings. The molecule has 1 rings (SSSR count). The van der Waals surface area contributed by atoms with E-state index >= 15 is 0 Å². The van der Waals surface area contributed by atoms with Gasteiger partial charge in [-0.1, -0.05) is 28.1 Å². The van der Waals surface area contributed by atoms with Gasteiger partial charge in [0.05, 0.1) is 0 Å². The average Bonchev–Trinajstić information content (AvgIpc) is 2.29. The Balaban J connectivity index is 2.80. The molecule has 0 bridgehead atoms. The van der Waals surface area contributed by atoms with Gasteiger partial charge in [0.15, 0.2) is 0 Å². The van der Waals surface area contributed by atoms with Gasteiger partial charge in [0.25, 0.3) is 0 Å². The molecule has 0 aliphatic rings. The highest BCUT2D eigenvalue weighted by molar-refractivity contribution is 9.10. The van der Waals surface area contributed by atoms with E-state index < -0.39 is 15.9 Å². The molecule has 0 fully saturated rings. The van der Waals surface area contributed by atoms with Crippen molar-refractivity contribution in [2.45, 2.75) is 6.54 Å². The zero-order valence-corrected chi connectivity index (χ0v) is 11.7. The van der Waals surface area contributed by atoms with E-state index in [0.29, 0.717) is 5.56 Å². The highest BCUT2D eigenvalue weighted by Gasteiger charge is 2.15. The number of rotatable bonds is 5. The Hall–Kier alpha value is -0.920. The van der Waals surface area contributed by atoms with Crippen molar-refractivity contribution in [2.24, 2.45) is 5.73 Å². The summed E-state index contributed by atoms with van der Waals surface area (Å²) in [4.78, 5) is 10.8.